The Kier molecular flexibility index (Phi) is 3.71. The summed E-state index contributed by atoms with van der Waals surface area (Å²) >= 11 is 0. The zero-order chi connectivity index (χ0) is 9.68. The molecule has 2 N–H and O–H groups in total. The summed E-state index contributed by atoms with van der Waals surface area (Å²) in [7, 11) is 4.02. The molecule has 0 fully saturated rings. The molecule has 3 heteroatoms. The van der Waals surface area contributed by atoms with Crippen LogP contribution in [0.1, 0.15) is 12.0 Å². The highest BCUT2D eigenvalue weighted by molar-refractivity contribution is 5.45. The molecule has 1 heterocycles. The van der Waals surface area contributed by atoms with Crippen LogP contribution in [0.25, 0.3) is 0 Å². The second-order valence-electron chi connectivity index (χ2n) is 3.27. The van der Waals surface area contributed by atoms with Gasteiger partial charge in [0, 0.05) is 20.3 Å². The van der Waals surface area contributed by atoms with Gasteiger partial charge in [0.2, 0.25) is 0 Å². The van der Waals surface area contributed by atoms with Crippen LogP contribution in [0, 0.1) is 0 Å². The Bertz CT molecular complexity index is 258. The van der Waals surface area contributed by atoms with Gasteiger partial charge in [-0.05, 0) is 31.0 Å². The standard InChI is InChI=1S/C10H17N3/c1-13(2)10-9(5-3-7-11)6-4-8-12-10/h4,6,8H,3,5,7,11H2,1-2H3. The van der Waals surface area contributed by atoms with E-state index in [1.54, 1.807) is 0 Å². The summed E-state index contributed by atoms with van der Waals surface area (Å²) in [4.78, 5) is 6.35. The largest absolute Gasteiger partial charge is 0.363 e. The summed E-state index contributed by atoms with van der Waals surface area (Å²) in [6, 6.07) is 4.08. The number of anilines is 1. The fraction of sp³-hybridized carbons (Fsp3) is 0.500. The van der Waals surface area contributed by atoms with Gasteiger partial charge in [0.25, 0.3) is 0 Å². The zero-order valence-corrected chi connectivity index (χ0v) is 8.33. The maximum Gasteiger partial charge on any atom is 0.131 e. The molecule has 1 aromatic heterocycles. The molecule has 13 heavy (non-hydrogen) atoms. The minimum atomic E-state index is 0.738. The van der Waals surface area contributed by atoms with Crippen molar-refractivity contribution in [1.82, 2.24) is 4.98 Å². The van der Waals surface area contributed by atoms with Crippen molar-refractivity contribution in [2.45, 2.75) is 12.8 Å². The first-order valence-corrected chi connectivity index (χ1v) is 4.57. The first kappa shape index (κ1) is 9.99. The van der Waals surface area contributed by atoms with Crippen molar-refractivity contribution in [2.24, 2.45) is 5.73 Å². The van der Waals surface area contributed by atoms with Crippen LogP contribution in [-0.4, -0.2) is 25.6 Å². The van der Waals surface area contributed by atoms with Crippen LogP contribution >= 0.6 is 0 Å². The average molecular weight is 179 g/mol. The van der Waals surface area contributed by atoms with Gasteiger partial charge in [-0.25, -0.2) is 4.98 Å². The molecule has 1 rings (SSSR count). The topological polar surface area (TPSA) is 42.2 Å². The molecule has 0 amide bonds. The number of aryl methyl sites for hydroxylation is 1. The first-order valence-electron chi connectivity index (χ1n) is 4.57. The van der Waals surface area contributed by atoms with Crippen LogP contribution in [0.5, 0.6) is 0 Å². The van der Waals surface area contributed by atoms with Crippen LogP contribution < -0.4 is 10.6 Å². The Morgan fingerprint density at radius 1 is 1.46 bits per heavy atom. The Hall–Kier alpha value is -1.09. The molecule has 0 spiro atoms. The molecule has 0 aliphatic rings. The summed E-state index contributed by atoms with van der Waals surface area (Å²) in [5.74, 6) is 1.05. The molecule has 0 bridgehead atoms. The molecule has 0 unspecified atom stereocenters. The highest BCUT2D eigenvalue weighted by Crippen LogP contribution is 2.15. The molecule has 3 nitrogen and oxygen atoms in total. The van der Waals surface area contributed by atoms with Crippen molar-refractivity contribution in [1.29, 1.82) is 0 Å². The Morgan fingerprint density at radius 2 is 2.23 bits per heavy atom. The SMILES string of the molecule is CN(C)c1ncccc1CCCN. The van der Waals surface area contributed by atoms with Crippen LogP contribution in [0.2, 0.25) is 0 Å². The van der Waals surface area contributed by atoms with E-state index in [0.29, 0.717) is 0 Å². The normalized spacial score (nSPS) is 10.1. The van der Waals surface area contributed by atoms with Crippen molar-refractivity contribution in [3.8, 4) is 0 Å². The molecule has 72 valence electrons. The van der Waals surface area contributed by atoms with E-state index in [1.165, 1.54) is 5.56 Å². The lowest BCUT2D eigenvalue weighted by atomic mass is 10.1. The minimum Gasteiger partial charge on any atom is -0.363 e. The number of hydrogen-bond acceptors (Lipinski definition) is 3. The number of rotatable bonds is 4. The third kappa shape index (κ3) is 2.70. The van der Waals surface area contributed by atoms with Gasteiger partial charge < -0.3 is 10.6 Å². The summed E-state index contributed by atoms with van der Waals surface area (Å²) in [5.41, 5.74) is 6.74. The van der Waals surface area contributed by atoms with Crippen LogP contribution in [0.3, 0.4) is 0 Å². The van der Waals surface area contributed by atoms with E-state index in [4.69, 9.17) is 5.73 Å². The lowest BCUT2D eigenvalue weighted by Gasteiger charge is -2.15. The quantitative estimate of drug-likeness (QED) is 0.751. The summed E-state index contributed by atoms with van der Waals surface area (Å²) < 4.78 is 0. The number of nitrogens with zero attached hydrogens (tertiary/aromatic N) is 2. The maximum absolute atomic E-state index is 5.47. The van der Waals surface area contributed by atoms with E-state index in [9.17, 15) is 0 Å². The molecule has 0 aliphatic carbocycles. The van der Waals surface area contributed by atoms with Crippen molar-refractivity contribution < 1.29 is 0 Å². The predicted molar refractivity (Wildman–Crippen MR) is 55.9 cm³/mol. The number of nitrogens with two attached hydrogens (primary N) is 1. The average Bonchev–Trinajstić information content (AvgIpc) is 2.15. The van der Waals surface area contributed by atoms with Gasteiger partial charge in [0.1, 0.15) is 5.82 Å². The smallest absolute Gasteiger partial charge is 0.131 e. The third-order valence-corrected chi connectivity index (χ3v) is 1.94. The third-order valence-electron chi connectivity index (χ3n) is 1.94. The fourth-order valence-corrected chi connectivity index (χ4v) is 1.32. The summed E-state index contributed by atoms with van der Waals surface area (Å²) in [6.07, 6.45) is 3.85. The van der Waals surface area contributed by atoms with Crippen molar-refractivity contribution in [3.63, 3.8) is 0 Å². The molecule has 1 aromatic rings. The van der Waals surface area contributed by atoms with Crippen molar-refractivity contribution in [2.75, 3.05) is 25.5 Å². The van der Waals surface area contributed by atoms with Crippen molar-refractivity contribution in [3.05, 3.63) is 23.9 Å². The van der Waals surface area contributed by atoms with E-state index in [2.05, 4.69) is 11.1 Å². The number of hydrogen-bond donors (Lipinski definition) is 1. The zero-order valence-electron chi connectivity index (χ0n) is 8.33. The maximum atomic E-state index is 5.47. The van der Waals surface area contributed by atoms with E-state index in [-0.39, 0.29) is 0 Å². The Morgan fingerprint density at radius 3 is 2.85 bits per heavy atom. The highest BCUT2D eigenvalue weighted by Gasteiger charge is 2.03. The molecule has 0 aliphatic heterocycles. The van der Waals surface area contributed by atoms with Crippen LogP contribution in [-0.2, 0) is 6.42 Å². The van der Waals surface area contributed by atoms with Gasteiger partial charge >= 0.3 is 0 Å². The highest BCUT2D eigenvalue weighted by atomic mass is 15.1. The molecular formula is C10H17N3. The molecule has 0 radical (unpaired) electrons. The molecule has 0 saturated heterocycles. The van der Waals surface area contributed by atoms with Gasteiger partial charge in [-0.15, -0.1) is 0 Å². The van der Waals surface area contributed by atoms with E-state index >= 15 is 0 Å². The Balaban J connectivity index is 2.78. The fourth-order valence-electron chi connectivity index (χ4n) is 1.32. The summed E-state index contributed by atoms with van der Waals surface area (Å²) in [6.45, 7) is 0.738. The van der Waals surface area contributed by atoms with Crippen molar-refractivity contribution >= 4 is 5.82 Å². The molecule has 0 atom stereocenters. The van der Waals surface area contributed by atoms with Gasteiger partial charge in [0.15, 0.2) is 0 Å². The van der Waals surface area contributed by atoms with E-state index in [0.717, 1.165) is 25.2 Å². The molecule has 0 saturated carbocycles. The molecular weight excluding hydrogens is 162 g/mol. The van der Waals surface area contributed by atoms with Gasteiger partial charge in [-0.1, -0.05) is 6.07 Å². The summed E-state index contributed by atoms with van der Waals surface area (Å²) in [5, 5.41) is 0. The van der Waals surface area contributed by atoms with E-state index in [1.807, 2.05) is 31.3 Å². The second kappa shape index (κ2) is 4.82. The van der Waals surface area contributed by atoms with Crippen LogP contribution in [0.4, 0.5) is 5.82 Å². The number of pyridine rings is 1. The lowest BCUT2D eigenvalue weighted by Crippen LogP contribution is -2.13. The monoisotopic (exact) mass is 179 g/mol. The molecule has 0 aromatic carbocycles. The minimum absolute atomic E-state index is 0.738. The number of aromatic nitrogens is 1. The predicted octanol–water partition coefficient (Wildman–Crippen LogP) is 1.04. The Labute approximate surface area is 79.6 Å². The second-order valence-corrected chi connectivity index (χ2v) is 3.27. The van der Waals surface area contributed by atoms with Gasteiger partial charge in [-0.2, -0.15) is 0 Å². The lowest BCUT2D eigenvalue weighted by molar-refractivity contribution is 0.824. The van der Waals surface area contributed by atoms with E-state index < -0.39 is 0 Å². The first-order chi connectivity index (χ1) is 6.25. The van der Waals surface area contributed by atoms with Gasteiger partial charge in [-0.3, -0.25) is 0 Å². The van der Waals surface area contributed by atoms with Gasteiger partial charge in [0.05, 0.1) is 0 Å². The van der Waals surface area contributed by atoms with Crippen LogP contribution in [0.15, 0.2) is 18.3 Å².